The minimum atomic E-state index is -1.43. The maximum absolute atomic E-state index is 11.3. The molecule has 0 aliphatic rings. The Morgan fingerprint density at radius 3 is 2.27 bits per heavy atom. The maximum atomic E-state index is 11.3. The predicted molar refractivity (Wildman–Crippen MR) is 82.4 cm³/mol. The van der Waals surface area contributed by atoms with Crippen molar-refractivity contribution in [3.63, 3.8) is 0 Å². The van der Waals surface area contributed by atoms with Crippen LogP contribution in [0.3, 0.4) is 0 Å². The van der Waals surface area contributed by atoms with Gasteiger partial charge in [0, 0.05) is 33.3 Å². The van der Waals surface area contributed by atoms with Crippen LogP contribution in [0.2, 0.25) is 10.0 Å². The molecule has 0 spiro atoms. The van der Waals surface area contributed by atoms with Crippen molar-refractivity contribution in [1.82, 2.24) is 0 Å². The largest absolute Gasteiger partial charge is 0.545 e. The number of nitro groups is 1. The summed E-state index contributed by atoms with van der Waals surface area (Å²) in [5.74, 6) is -1.43. The zero-order chi connectivity index (χ0) is 16.3. The molecule has 5 nitrogen and oxygen atoms in total. The lowest BCUT2D eigenvalue weighted by Crippen LogP contribution is -2.23. The first-order chi connectivity index (χ1) is 10.4. The molecule has 0 bridgehead atoms. The first-order valence-corrected chi connectivity index (χ1v) is 6.77. The average molecular weight is 337 g/mol. The first kappa shape index (κ1) is 16.0. The number of non-ortho nitro benzene ring substituents is 1. The zero-order valence-corrected chi connectivity index (χ0v) is 12.5. The maximum Gasteiger partial charge on any atom is 0.270 e. The average Bonchev–Trinajstić information content (AvgIpc) is 2.47. The van der Waals surface area contributed by atoms with E-state index in [-0.39, 0.29) is 21.8 Å². The lowest BCUT2D eigenvalue weighted by molar-refractivity contribution is -0.384. The Balaban J connectivity index is 2.55. The third-order valence-electron chi connectivity index (χ3n) is 2.87. The lowest BCUT2D eigenvalue weighted by Gasteiger charge is -2.10. The number of carbonyl (C=O) groups excluding carboxylic acids is 1. The van der Waals surface area contributed by atoms with Crippen molar-refractivity contribution in [2.75, 3.05) is 0 Å². The molecule has 0 saturated carbocycles. The summed E-state index contributed by atoms with van der Waals surface area (Å²) in [4.78, 5) is 21.5. The molecule has 112 valence electrons. The van der Waals surface area contributed by atoms with E-state index in [2.05, 4.69) is 0 Å². The number of nitrogens with zero attached hydrogens (tertiary/aromatic N) is 1. The van der Waals surface area contributed by atoms with Crippen LogP contribution >= 0.6 is 23.2 Å². The molecule has 0 unspecified atom stereocenters. The summed E-state index contributed by atoms with van der Waals surface area (Å²) < 4.78 is 0. The number of nitro benzene ring substituents is 1. The molecule has 0 amide bonds. The molecule has 22 heavy (non-hydrogen) atoms. The fourth-order valence-corrected chi connectivity index (χ4v) is 2.10. The van der Waals surface area contributed by atoms with Crippen LogP contribution in [-0.4, -0.2) is 10.9 Å². The molecule has 2 aromatic rings. The molecule has 0 aliphatic carbocycles. The Bertz CT molecular complexity index is 770. The van der Waals surface area contributed by atoms with Gasteiger partial charge in [0.15, 0.2) is 0 Å². The monoisotopic (exact) mass is 336 g/mol. The van der Waals surface area contributed by atoms with E-state index in [1.807, 2.05) is 0 Å². The Morgan fingerprint density at radius 1 is 1.09 bits per heavy atom. The lowest BCUT2D eigenvalue weighted by atomic mass is 10.0. The number of halogens is 2. The van der Waals surface area contributed by atoms with Crippen LogP contribution in [0.25, 0.3) is 11.6 Å². The minimum Gasteiger partial charge on any atom is -0.545 e. The van der Waals surface area contributed by atoms with Crippen LogP contribution < -0.4 is 5.11 Å². The van der Waals surface area contributed by atoms with Crippen LogP contribution in [0.15, 0.2) is 42.5 Å². The molecule has 2 rings (SSSR count). The highest BCUT2D eigenvalue weighted by atomic mass is 35.5. The van der Waals surface area contributed by atoms with Gasteiger partial charge >= 0.3 is 0 Å². The third kappa shape index (κ3) is 3.63. The molecule has 0 radical (unpaired) electrons. The van der Waals surface area contributed by atoms with E-state index in [4.69, 9.17) is 23.2 Å². The van der Waals surface area contributed by atoms with Gasteiger partial charge in [-0.2, -0.15) is 0 Å². The van der Waals surface area contributed by atoms with Crippen LogP contribution in [0.4, 0.5) is 5.69 Å². The smallest absolute Gasteiger partial charge is 0.270 e. The number of benzene rings is 2. The van der Waals surface area contributed by atoms with Crippen LogP contribution in [0.5, 0.6) is 0 Å². The quantitative estimate of drug-likeness (QED) is 0.371. The van der Waals surface area contributed by atoms with Gasteiger partial charge in [0.25, 0.3) is 5.69 Å². The highest BCUT2D eigenvalue weighted by Gasteiger charge is 2.10. The van der Waals surface area contributed by atoms with Gasteiger partial charge in [-0.1, -0.05) is 35.3 Å². The van der Waals surface area contributed by atoms with Gasteiger partial charge < -0.3 is 9.90 Å². The van der Waals surface area contributed by atoms with Crippen molar-refractivity contribution < 1.29 is 14.8 Å². The van der Waals surface area contributed by atoms with E-state index in [0.29, 0.717) is 10.6 Å². The molecule has 0 aliphatic heterocycles. The summed E-state index contributed by atoms with van der Waals surface area (Å²) >= 11 is 11.7. The number of carboxylic acid groups (broad SMARTS) is 1. The van der Waals surface area contributed by atoms with Crippen LogP contribution in [0, 0.1) is 10.1 Å². The topological polar surface area (TPSA) is 83.3 Å². The van der Waals surface area contributed by atoms with Gasteiger partial charge in [0.05, 0.1) is 10.9 Å². The summed E-state index contributed by atoms with van der Waals surface area (Å²) in [6.07, 6.45) is 1.23. The van der Waals surface area contributed by atoms with Gasteiger partial charge in [-0.05, 0) is 29.8 Å². The fraction of sp³-hybridized carbons (Fsp3) is 0. The molecule has 0 N–H and O–H groups in total. The van der Waals surface area contributed by atoms with Crippen molar-refractivity contribution in [3.8, 4) is 0 Å². The van der Waals surface area contributed by atoms with E-state index < -0.39 is 10.9 Å². The van der Waals surface area contributed by atoms with E-state index in [1.54, 1.807) is 0 Å². The Morgan fingerprint density at radius 2 is 1.73 bits per heavy atom. The van der Waals surface area contributed by atoms with Gasteiger partial charge in [0.1, 0.15) is 0 Å². The summed E-state index contributed by atoms with van der Waals surface area (Å²) in [5.41, 5.74) is 0.223. The fourth-order valence-electron chi connectivity index (χ4n) is 1.80. The zero-order valence-electron chi connectivity index (χ0n) is 11.0. The van der Waals surface area contributed by atoms with Gasteiger partial charge in [-0.15, -0.1) is 0 Å². The summed E-state index contributed by atoms with van der Waals surface area (Å²) in [7, 11) is 0. The van der Waals surface area contributed by atoms with Crippen molar-refractivity contribution >= 4 is 46.5 Å². The van der Waals surface area contributed by atoms with E-state index in [1.165, 1.54) is 48.5 Å². The predicted octanol–water partition coefficient (Wildman–Crippen LogP) is 3.19. The Labute approximate surface area is 135 Å². The molecule has 0 atom stereocenters. The van der Waals surface area contributed by atoms with Crippen LogP contribution in [-0.2, 0) is 4.79 Å². The number of hydrogen-bond donors (Lipinski definition) is 0. The molecular formula is C15H8Cl2NO4-. The van der Waals surface area contributed by atoms with Crippen molar-refractivity contribution in [1.29, 1.82) is 0 Å². The highest BCUT2D eigenvalue weighted by molar-refractivity contribution is 6.33. The summed E-state index contributed by atoms with van der Waals surface area (Å²) in [6.45, 7) is 0. The molecule has 0 heterocycles. The van der Waals surface area contributed by atoms with Crippen LogP contribution in [0.1, 0.15) is 11.1 Å². The van der Waals surface area contributed by atoms with Gasteiger partial charge in [-0.3, -0.25) is 10.1 Å². The van der Waals surface area contributed by atoms with Crippen molar-refractivity contribution in [2.45, 2.75) is 0 Å². The SMILES string of the molecule is O=C([O-])C(=Cc1cc([N+](=O)[O-])ccc1Cl)c1ccc(Cl)cc1. The summed E-state index contributed by atoms with van der Waals surface area (Å²) in [5, 5.41) is 22.8. The van der Waals surface area contributed by atoms with Gasteiger partial charge in [-0.25, -0.2) is 0 Å². The van der Waals surface area contributed by atoms with Crippen molar-refractivity contribution in [2.24, 2.45) is 0 Å². The van der Waals surface area contributed by atoms with Crippen molar-refractivity contribution in [3.05, 3.63) is 73.8 Å². The molecular weight excluding hydrogens is 329 g/mol. The molecule has 0 aromatic heterocycles. The number of carbonyl (C=O) groups is 1. The second kappa shape index (κ2) is 6.60. The number of rotatable bonds is 4. The van der Waals surface area contributed by atoms with E-state index in [0.717, 1.165) is 0 Å². The standard InChI is InChI=1S/C15H9Cl2NO4/c16-11-3-1-9(2-4-11)13(15(19)20)8-10-7-12(18(21)22)5-6-14(10)17/h1-8H,(H,19,20)/p-1. The normalized spacial score (nSPS) is 11.3. The summed E-state index contributed by atoms with van der Waals surface area (Å²) in [6, 6.07) is 9.85. The highest BCUT2D eigenvalue weighted by Crippen LogP contribution is 2.27. The molecule has 7 heteroatoms. The molecule has 0 fully saturated rings. The third-order valence-corrected chi connectivity index (χ3v) is 3.46. The second-order valence-electron chi connectivity index (χ2n) is 4.32. The first-order valence-electron chi connectivity index (χ1n) is 6.01. The van der Waals surface area contributed by atoms with E-state index in [9.17, 15) is 20.0 Å². The molecule has 2 aromatic carbocycles. The Hall–Kier alpha value is -2.37. The van der Waals surface area contributed by atoms with Gasteiger partial charge in [0.2, 0.25) is 0 Å². The Kier molecular flexibility index (Phi) is 4.80. The number of aliphatic carboxylic acids is 1. The molecule has 0 saturated heterocycles. The van der Waals surface area contributed by atoms with E-state index >= 15 is 0 Å². The number of carboxylic acids is 1. The minimum absolute atomic E-state index is 0.154. The second-order valence-corrected chi connectivity index (χ2v) is 5.16. The number of hydrogen-bond acceptors (Lipinski definition) is 4.